The summed E-state index contributed by atoms with van der Waals surface area (Å²) >= 11 is 0. The van der Waals surface area contributed by atoms with Crippen molar-refractivity contribution in [1.82, 2.24) is 0 Å². The molecule has 0 saturated heterocycles. The van der Waals surface area contributed by atoms with E-state index in [0.717, 1.165) is 11.3 Å². The van der Waals surface area contributed by atoms with E-state index in [-0.39, 0.29) is 18.1 Å². The van der Waals surface area contributed by atoms with Crippen molar-refractivity contribution in [2.75, 3.05) is 13.2 Å². The molecule has 1 aliphatic heterocycles. The highest BCUT2D eigenvalue weighted by molar-refractivity contribution is 6.14. The van der Waals surface area contributed by atoms with Crippen LogP contribution in [0.2, 0.25) is 0 Å². The highest BCUT2D eigenvalue weighted by Gasteiger charge is 2.29. The molecule has 0 N–H and O–H groups in total. The van der Waals surface area contributed by atoms with Crippen LogP contribution in [0.5, 0.6) is 17.2 Å². The second-order valence-corrected chi connectivity index (χ2v) is 7.26. The van der Waals surface area contributed by atoms with E-state index in [1.807, 2.05) is 49.4 Å². The highest BCUT2D eigenvalue weighted by Crippen LogP contribution is 2.36. The zero-order valence-electron chi connectivity index (χ0n) is 18.4. The van der Waals surface area contributed by atoms with Crippen molar-refractivity contribution >= 4 is 17.8 Å². The van der Waals surface area contributed by atoms with Gasteiger partial charge in [0.2, 0.25) is 11.9 Å². The quantitative estimate of drug-likeness (QED) is 0.343. The lowest BCUT2D eigenvalue weighted by Gasteiger charge is -2.18. The lowest BCUT2D eigenvalue weighted by atomic mass is 10.1. The van der Waals surface area contributed by atoms with Crippen LogP contribution in [0.15, 0.2) is 78.6 Å². The fourth-order valence-corrected chi connectivity index (χ4v) is 3.45. The highest BCUT2D eigenvalue weighted by atomic mass is 16.6. The maximum absolute atomic E-state index is 12.8. The average Bonchev–Trinajstić information content (AvgIpc) is 3.14. The number of carbonyl (C=O) groups is 2. The van der Waals surface area contributed by atoms with Crippen LogP contribution in [0.1, 0.15) is 41.4 Å². The van der Waals surface area contributed by atoms with Crippen molar-refractivity contribution < 1.29 is 28.5 Å². The van der Waals surface area contributed by atoms with E-state index < -0.39 is 12.1 Å². The standard InChI is InChI=1S/C27H24O6/c1-3-30-20-12-10-18(11-13-20)16-24-25(28)22-15-14-21(17-23(22)33-24)32-26(27(29)31-4-2)19-8-6-5-7-9-19/h5-17,26H,3-4H2,1-2H3. The summed E-state index contributed by atoms with van der Waals surface area (Å²) in [6.45, 7) is 4.49. The molecule has 0 aliphatic carbocycles. The largest absolute Gasteiger partial charge is 0.494 e. The third kappa shape index (κ3) is 5.06. The fourth-order valence-electron chi connectivity index (χ4n) is 3.45. The van der Waals surface area contributed by atoms with Gasteiger partial charge in [0.1, 0.15) is 17.2 Å². The SMILES string of the molecule is CCOC(=O)C(Oc1ccc2c(c1)OC(=Cc1ccc(OCC)cc1)C2=O)c1ccccc1. The first-order valence-corrected chi connectivity index (χ1v) is 10.8. The molecule has 6 heteroatoms. The van der Waals surface area contributed by atoms with Crippen molar-refractivity contribution in [2.24, 2.45) is 0 Å². The molecular formula is C27H24O6. The van der Waals surface area contributed by atoms with Crippen LogP contribution in [0.4, 0.5) is 0 Å². The van der Waals surface area contributed by atoms with Crippen LogP contribution in [-0.2, 0) is 9.53 Å². The van der Waals surface area contributed by atoms with Gasteiger partial charge in [0.25, 0.3) is 0 Å². The minimum atomic E-state index is -0.930. The van der Waals surface area contributed by atoms with Crippen molar-refractivity contribution in [3.63, 3.8) is 0 Å². The molecule has 6 nitrogen and oxygen atoms in total. The van der Waals surface area contributed by atoms with Gasteiger partial charge < -0.3 is 18.9 Å². The number of hydrogen-bond acceptors (Lipinski definition) is 6. The number of ether oxygens (including phenoxy) is 4. The van der Waals surface area contributed by atoms with Crippen molar-refractivity contribution in [1.29, 1.82) is 0 Å². The zero-order valence-corrected chi connectivity index (χ0v) is 18.4. The Morgan fingerprint density at radius 3 is 2.36 bits per heavy atom. The Morgan fingerprint density at radius 1 is 0.939 bits per heavy atom. The monoisotopic (exact) mass is 444 g/mol. The Balaban J connectivity index is 1.55. The predicted molar refractivity (Wildman–Crippen MR) is 123 cm³/mol. The maximum Gasteiger partial charge on any atom is 0.352 e. The minimum absolute atomic E-state index is 0.213. The summed E-state index contributed by atoms with van der Waals surface area (Å²) in [4.78, 5) is 25.3. The van der Waals surface area contributed by atoms with E-state index in [2.05, 4.69) is 0 Å². The summed E-state index contributed by atoms with van der Waals surface area (Å²) in [6, 6.07) is 21.4. The molecule has 4 rings (SSSR count). The van der Waals surface area contributed by atoms with Crippen LogP contribution >= 0.6 is 0 Å². The first-order valence-electron chi connectivity index (χ1n) is 10.8. The number of esters is 1. The third-order valence-electron chi connectivity index (χ3n) is 4.99. The van der Waals surface area contributed by atoms with Gasteiger partial charge in [-0.05, 0) is 49.8 Å². The molecule has 1 atom stereocenters. The molecule has 1 unspecified atom stereocenters. The number of Topliss-reactive ketones (excluding diaryl/α,β-unsaturated/α-hetero) is 1. The van der Waals surface area contributed by atoms with Gasteiger partial charge in [0.05, 0.1) is 18.8 Å². The molecule has 1 heterocycles. The van der Waals surface area contributed by atoms with Gasteiger partial charge in [0.15, 0.2) is 5.76 Å². The molecule has 0 aromatic heterocycles. The molecule has 168 valence electrons. The lowest BCUT2D eigenvalue weighted by Crippen LogP contribution is -2.21. The normalized spacial score (nSPS) is 14.4. The van der Waals surface area contributed by atoms with Crippen LogP contribution in [0.3, 0.4) is 0 Å². The molecule has 0 saturated carbocycles. The number of fused-ring (bicyclic) bond motifs is 1. The second kappa shape index (κ2) is 10.0. The van der Waals surface area contributed by atoms with Crippen molar-refractivity contribution in [3.8, 4) is 17.2 Å². The molecule has 0 spiro atoms. The topological polar surface area (TPSA) is 71.1 Å². The first kappa shape index (κ1) is 22.1. The van der Waals surface area contributed by atoms with Crippen LogP contribution in [-0.4, -0.2) is 25.0 Å². The van der Waals surface area contributed by atoms with Gasteiger partial charge in [-0.25, -0.2) is 4.79 Å². The fraction of sp³-hybridized carbons (Fsp3) is 0.185. The Bertz CT molecular complexity index is 1160. The molecule has 3 aromatic rings. The molecule has 0 bridgehead atoms. The van der Waals surface area contributed by atoms with Gasteiger partial charge in [-0.3, -0.25) is 4.79 Å². The van der Waals surface area contributed by atoms with Gasteiger partial charge in [-0.15, -0.1) is 0 Å². The molecule has 33 heavy (non-hydrogen) atoms. The van der Waals surface area contributed by atoms with E-state index in [1.54, 1.807) is 43.3 Å². The Labute approximate surface area is 192 Å². The van der Waals surface area contributed by atoms with E-state index in [0.29, 0.717) is 29.2 Å². The minimum Gasteiger partial charge on any atom is -0.494 e. The van der Waals surface area contributed by atoms with Gasteiger partial charge in [-0.1, -0.05) is 42.5 Å². The van der Waals surface area contributed by atoms with Crippen LogP contribution in [0.25, 0.3) is 6.08 Å². The number of ketones is 1. The summed E-state index contributed by atoms with van der Waals surface area (Å²) in [5.74, 6) is 1.05. The summed E-state index contributed by atoms with van der Waals surface area (Å²) < 4.78 is 22.4. The smallest absolute Gasteiger partial charge is 0.352 e. The number of rotatable bonds is 8. The van der Waals surface area contributed by atoms with E-state index in [9.17, 15) is 9.59 Å². The van der Waals surface area contributed by atoms with Crippen LogP contribution in [0, 0.1) is 0 Å². The molecule has 0 fully saturated rings. The average molecular weight is 444 g/mol. The third-order valence-corrected chi connectivity index (χ3v) is 4.99. The Kier molecular flexibility index (Phi) is 6.74. The maximum atomic E-state index is 12.8. The Morgan fingerprint density at radius 2 is 1.67 bits per heavy atom. The number of benzene rings is 3. The van der Waals surface area contributed by atoms with E-state index >= 15 is 0 Å². The molecule has 3 aromatic carbocycles. The van der Waals surface area contributed by atoms with E-state index in [4.69, 9.17) is 18.9 Å². The molecular weight excluding hydrogens is 420 g/mol. The second-order valence-electron chi connectivity index (χ2n) is 7.26. The lowest BCUT2D eigenvalue weighted by molar-refractivity contribution is -0.151. The van der Waals surface area contributed by atoms with Crippen molar-refractivity contribution in [3.05, 3.63) is 95.2 Å². The summed E-state index contributed by atoms with van der Waals surface area (Å²) in [5, 5.41) is 0. The van der Waals surface area contributed by atoms with E-state index in [1.165, 1.54) is 0 Å². The van der Waals surface area contributed by atoms with Crippen LogP contribution < -0.4 is 14.2 Å². The number of hydrogen-bond donors (Lipinski definition) is 0. The number of allylic oxidation sites excluding steroid dienone is 1. The predicted octanol–water partition coefficient (Wildman–Crippen LogP) is 5.38. The first-order chi connectivity index (χ1) is 16.1. The summed E-state index contributed by atoms with van der Waals surface area (Å²) in [7, 11) is 0. The summed E-state index contributed by atoms with van der Waals surface area (Å²) in [5.41, 5.74) is 1.92. The van der Waals surface area contributed by atoms with Crippen molar-refractivity contribution in [2.45, 2.75) is 20.0 Å². The van der Waals surface area contributed by atoms with Gasteiger partial charge >= 0.3 is 5.97 Å². The number of carbonyl (C=O) groups excluding carboxylic acids is 2. The zero-order chi connectivity index (χ0) is 23.2. The Hall–Kier alpha value is -4.06. The molecule has 0 radical (unpaired) electrons. The molecule has 0 amide bonds. The van der Waals surface area contributed by atoms with Gasteiger partial charge in [-0.2, -0.15) is 0 Å². The molecule has 1 aliphatic rings. The summed E-state index contributed by atoms with van der Waals surface area (Å²) in [6.07, 6.45) is 0.754. The van der Waals surface area contributed by atoms with Gasteiger partial charge in [0, 0.05) is 11.6 Å².